The van der Waals surface area contributed by atoms with Crippen LogP contribution in [0.2, 0.25) is 0 Å². The monoisotopic (exact) mass is 303 g/mol. The van der Waals surface area contributed by atoms with E-state index in [0.717, 1.165) is 16.7 Å². The molecule has 1 rings (SSSR count). The summed E-state index contributed by atoms with van der Waals surface area (Å²) >= 11 is 0. The van der Waals surface area contributed by atoms with Crippen molar-refractivity contribution in [2.45, 2.75) is 39.3 Å². The van der Waals surface area contributed by atoms with Gasteiger partial charge in [0.2, 0.25) is 0 Å². The number of halogens is 3. The number of nitrogens with one attached hydrogen (secondary N) is 1. The van der Waals surface area contributed by atoms with Gasteiger partial charge in [0, 0.05) is 6.54 Å². The lowest BCUT2D eigenvalue weighted by Gasteiger charge is -2.19. The Morgan fingerprint density at radius 3 is 2.43 bits per heavy atom. The van der Waals surface area contributed by atoms with Crippen LogP contribution in [0.5, 0.6) is 5.75 Å². The second-order valence-electron chi connectivity index (χ2n) is 5.14. The molecular weight excluding hydrogens is 283 g/mol. The highest BCUT2D eigenvalue weighted by atomic mass is 19.4. The first-order chi connectivity index (χ1) is 9.68. The van der Waals surface area contributed by atoms with Gasteiger partial charge < -0.3 is 10.1 Å². The predicted molar refractivity (Wildman–Crippen MR) is 74.6 cm³/mol. The largest absolute Gasteiger partial charge is 0.496 e. The summed E-state index contributed by atoms with van der Waals surface area (Å²) in [6.07, 6.45) is -4.56. The average Bonchev–Trinajstić information content (AvgIpc) is 2.37. The van der Waals surface area contributed by atoms with E-state index in [2.05, 4.69) is 0 Å². The number of alkyl halides is 3. The first kappa shape index (κ1) is 17.3. The van der Waals surface area contributed by atoms with E-state index in [1.165, 1.54) is 7.11 Å². The van der Waals surface area contributed by atoms with Crippen LogP contribution in [0.4, 0.5) is 13.2 Å². The molecule has 0 radical (unpaired) electrons. The van der Waals surface area contributed by atoms with Gasteiger partial charge in [-0.3, -0.25) is 4.79 Å². The topological polar surface area (TPSA) is 38.3 Å². The van der Waals surface area contributed by atoms with E-state index in [1.54, 1.807) is 0 Å². The zero-order valence-electron chi connectivity index (χ0n) is 12.6. The van der Waals surface area contributed by atoms with Crippen molar-refractivity contribution in [1.29, 1.82) is 0 Å². The lowest BCUT2D eigenvalue weighted by Crippen LogP contribution is -2.37. The summed E-state index contributed by atoms with van der Waals surface area (Å²) in [6.45, 7) is 5.79. The Labute approximate surface area is 122 Å². The Bertz CT molecular complexity index is 510. The number of rotatable bonds is 5. The summed E-state index contributed by atoms with van der Waals surface area (Å²) in [5, 5.41) is 1.89. The van der Waals surface area contributed by atoms with Gasteiger partial charge in [-0.25, -0.2) is 0 Å². The van der Waals surface area contributed by atoms with Crippen LogP contribution < -0.4 is 10.1 Å². The van der Waals surface area contributed by atoms with Crippen LogP contribution in [-0.2, 0) is 11.2 Å². The third-order valence-corrected chi connectivity index (χ3v) is 3.24. The van der Waals surface area contributed by atoms with Crippen LogP contribution in [-0.4, -0.2) is 25.7 Å². The van der Waals surface area contributed by atoms with Gasteiger partial charge in [-0.2, -0.15) is 13.2 Å². The molecule has 0 atom stereocenters. The van der Waals surface area contributed by atoms with Crippen molar-refractivity contribution >= 4 is 5.91 Å². The molecule has 0 saturated heterocycles. The van der Waals surface area contributed by atoms with Gasteiger partial charge in [-0.05, 0) is 36.0 Å². The first-order valence-corrected chi connectivity index (χ1v) is 6.69. The Kier molecular flexibility index (Phi) is 5.63. The number of benzene rings is 1. The Morgan fingerprint density at radius 1 is 1.33 bits per heavy atom. The number of amides is 1. The molecule has 0 aliphatic carbocycles. The zero-order valence-corrected chi connectivity index (χ0v) is 12.6. The summed E-state index contributed by atoms with van der Waals surface area (Å²) in [6, 6.07) is 3.87. The highest BCUT2D eigenvalue weighted by Gasteiger charge is 2.38. The van der Waals surface area contributed by atoms with E-state index in [4.69, 9.17) is 4.74 Å². The van der Waals surface area contributed by atoms with Crippen LogP contribution in [0.1, 0.15) is 36.5 Å². The SMILES string of the molecule is COc1c(C)ccc(C(C)C)c1CCNC(=O)C(F)(F)F. The van der Waals surface area contributed by atoms with Crippen molar-refractivity contribution in [3.05, 3.63) is 28.8 Å². The minimum Gasteiger partial charge on any atom is -0.496 e. The van der Waals surface area contributed by atoms with Gasteiger partial charge in [0.1, 0.15) is 5.75 Å². The summed E-state index contributed by atoms with van der Waals surface area (Å²) in [5.74, 6) is -1.03. The van der Waals surface area contributed by atoms with Crippen LogP contribution in [0, 0.1) is 6.92 Å². The van der Waals surface area contributed by atoms with Crippen molar-refractivity contribution in [2.75, 3.05) is 13.7 Å². The molecule has 1 N–H and O–H groups in total. The maximum Gasteiger partial charge on any atom is 0.471 e. The molecule has 0 fully saturated rings. The minimum atomic E-state index is -4.85. The smallest absolute Gasteiger partial charge is 0.471 e. The second kappa shape index (κ2) is 6.83. The third kappa shape index (κ3) is 4.37. The normalized spacial score (nSPS) is 11.6. The number of aryl methyl sites for hydroxylation is 1. The van der Waals surface area contributed by atoms with Crippen LogP contribution in [0.3, 0.4) is 0 Å². The summed E-state index contributed by atoms with van der Waals surface area (Å²) in [7, 11) is 1.53. The van der Waals surface area contributed by atoms with E-state index in [1.807, 2.05) is 38.2 Å². The summed E-state index contributed by atoms with van der Waals surface area (Å²) in [4.78, 5) is 10.8. The van der Waals surface area contributed by atoms with Crippen molar-refractivity contribution in [2.24, 2.45) is 0 Å². The number of hydrogen-bond acceptors (Lipinski definition) is 2. The molecule has 6 heteroatoms. The number of carbonyl (C=O) groups excluding carboxylic acids is 1. The van der Waals surface area contributed by atoms with Crippen molar-refractivity contribution in [3.8, 4) is 5.75 Å². The molecule has 3 nitrogen and oxygen atoms in total. The summed E-state index contributed by atoms with van der Waals surface area (Å²) in [5.41, 5.74) is 2.77. The van der Waals surface area contributed by atoms with E-state index in [0.29, 0.717) is 12.2 Å². The molecule has 0 saturated carbocycles. The van der Waals surface area contributed by atoms with Crippen molar-refractivity contribution in [3.63, 3.8) is 0 Å². The van der Waals surface area contributed by atoms with E-state index in [9.17, 15) is 18.0 Å². The van der Waals surface area contributed by atoms with Crippen LogP contribution in [0.15, 0.2) is 12.1 Å². The number of methoxy groups -OCH3 is 1. The fourth-order valence-corrected chi connectivity index (χ4v) is 2.24. The molecule has 0 heterocycles. The van der Waals surface area contributed by atoms with Gasteiger partial charge in [-0.15, -0.1) is 0 Å². The lowest BCUT2D eigenvalue weighted by molar-refractivity contribution is -0.173. The maximum atomic E-state index is 12.2. The van der Waals surface area contributed by atoms with Crippen molar-refractivity contribution < 1.29 is 22.7 Å². The molecule has 0 aromatic heterocycles. The Morgan fingerprint density at radius 2 is 1.95 bits per heavy atom. The standard InChI is InChI=1S/C15H20F3NO2/c1-9(2)11-6-5-10(3)13(21-4)12(11)7-8-19-14(20)15(16,17)18/h5-6,9H,7-8H2,1-4H3,(H,19,20). The fourth-order valence-electron chi connectivity index (χ4n) is 2.24. The third-order valence-electron chi connectivity index (χ3n) is 3.24. The van der Waals surface area contributed by atoms with Gasteiger partial charge in [-0.1, -0.05) is 26.0 Å². The molecule has 1 amide bonds. The van der Waals surface area contributed by atoms with E-state index >= 15 is 0 Å². The molecule has 0 bridgehead atoms. The maximum absolute atomic E-state index is 12.2. The molecule has 0 aliphatic heterocycles. The molecule has 118 valence electrons. The number of hydrogen-bond donors (Lipinski definition) is 1. The molecule has 1 aromatic rings. The Balaban J connectivity index is 2.91. The minimum absolute atomic E-state index is 0.0854. The number of ether oxygens (including phenoxy) is 1. The first-order valence-electron chi connectivity index (χ1n) is 6.69. The molecular formula is C15H20F3NO2. The summed E-state index contributed by atoms with van der Waals surface area (Å²) < 4.78 is 41.8. The van der Waals surface area contributed by atoms with Gasteiger partial charge >= 0.3 is 12.1 Å². The molecule has 0 aliphatic rings. The zero-order chi connectivity index (χ0) is 16.2. The quantitative estimate of drug-likeness (QED) is 0.906. The highest BCUT2D eigenvalue weighted by molar-refractivity contribution is 5.81. The fraction of sp³-hybridized carbons (Fsp3) is 0.533. The van der Waals surface area contributed by atoms with E-state index in [-0.39, 0.29) is 12.5 Å². The Hall–Kier alpha value is -1.72. The predicted octanol–water partition coefficient (Wildman–Crippen LogP) is 3.35. The van der Waals surface area contributed by atoms with Gasteiger partial charge in [0.05, 0.1) is 7.11 Å². The highest BCUT2D eigenvalue weighted by Crippen LogP contribution is 2.31. The van der Waals surface area contributed by atoms with Crippen LogP contribution >= 0.6 is 0 Å². The molecule has 21 heavy (non-hydrogen) atoms. The molecule has 0 unspecified atom stereocenters. The average molecular weight is 303 g/mol. The lowest BCUT2D eigenvalue weighted by atomic mass is 9.92. The van der Waals surface area contributed by atoms with Gasteiger partial charge in [0.15, 0.2) is 0 Å². The van der Waals surface area contributed by atoms with Crippen LogP contribution in [0.25, 0.3) is 0 Å². The second-order valence-corrected chi connectivity index (χ2v) is 5.14. The van der Waals surface area contributed by atoms with E-state index < -0.39 is 12.1 Å². The van der Waals surface area contributed by atoms with Gasteiger partial charge in [0.25, 0.3) is 0 Å². The van der Waals surface area contributed by atoms with Crippen molar-refractivity contribution in [1.82, 2.24) is 5.32 Å². The number of carbonyl (C=O) groups is 1. The molecule has 0 spiro atoms. The molecule has 1 aromatic carbocycles.